The van der Waals surface area contributed by atoms with Gasteiger partial charge in [-0.15, -0.1) is 0 Å². The standard InChI is InChI=1S/C34H49N13O9S/c1-18(35)28(49)45-25(10-21-13-38-17-41-21)33(54)47-6-3-4-27(47)32(53)44-24(9-20-12-37-16-40-20)29(50)43-23(8-19-11-36-15-39-19)30(51)46-26(14-48)31(52)42-22(34(55)56)5-7-57-2/h11-13,15-18,22-27,48H,3-10,14,35H2,1-2H3,(H,36,39)(H,37,40)(H,38,41)(H,42,52)(H,43,50)(H,44,53)(H,45,49)(H,46,51)(H,55,56)/t18-,22-,23-,24-,25-,26-,27-/m0/s1. The predicted molar refractivity (Wildman–Crippen MR) is 203 cm³/mol. The van der Waals surface area contributed by atoms with Crippen LogP contribution in [0, 0.1) is 0 Å². The molecule has 0 aliphatic carbocycles. The minimum atomic E-state index is -1.57. The van der Waals surface area contributed by atoms with E-state index in [0.29, 0.717) is 29.3 Å². The number of nitrogens with zero attached hydrogens (tertiary/aromatic N) is 4. The number of aliphatic carboxylic acids is 1. The van der Waals surface area contributed by atoms with Gasteiger partial charge >= 0.3 is 5.97 Å². The first kappa shape index (κ1) is 43.9. The molecule has 310 valence electrons. The molecule has 1 aliphatic heterocycles. The molecule has 23 heteroatoms. The number of carbonyl (C=O) groups is 7. The Hall–Kier alpha value is -5.81. The third-order valence-electron chi connectivity index (χ3n) is 9.11. The summed E-state index contributed by atoms with van der Waals surface area (Å²) >= 11 is 1.38. The maximum absolute atomic E-state index is 14.0. The summed E-state index contributed by atoms with van der Waals surface area (Å²) in [6, 6.07) is -8.58. The van der Waals surface area contributed by atoms with Crippen LogP contribution in [0.4, 0.5) is 0 Å². The topological polar surface area (TPSA) is 335 Å². The molecule has 0 bridgehead atoms. The Kier molecular flexibility index (Phi) is 16.5. The molecule has 3 aromatic rings. The van der Waals surface area contributed by atoms with Gasteiger partial charge in [-0.3, -0.25) is 28.8 Å². The fraction of sp³-hybridized carbons (Fsp3) is 0.529. The van der Waals surface area contributed by atoms with E-state index in [-0.39, 0.29) is 38.6 Å². The number of thioether (sulfide) groups is 1. The molecule has 1 aliphatic rings. The zero-order valence-electron chi connectivity index (χ0n) is 31.4. The van der Waals surface area contributed by atoms with Crippen LogP contribution in [0.2, 0.25) is 0 Å². The summed E-state index contributed by atoms with van der Waals surface area (Å²) in [5, 5.41) is 32.2. The Morgan fingerprint density at radius 1 is 0.772 bits per heavy atom. The molecule has 1 saturated heterocycles. The van der Waals surface area contributed by atoms with Crippen LogP contribution >= 0.6 is 11.8 Å². The molecule has 3 aromatic heterocycles. The summed E-state index contributed by atoms with van der Waals surface area (Å²) < 4.78 is 0. The van der Waals surface area contributed by atoms with E-state index in [9.17, 15) is 43.8 Å². The number of aromatic nitrogens is 6. The largest absolute Gasteiger partial charge is 0.480 e. The van der Waals surface area contributed by atoms with Crippen LogP contribution in [-0.2, 0) is 52.8 Å². The number of likely N-dealkylation sites (tertiary alicyclic amines) is 1. The highest BCUT2D eigenvalue weighted by atomic mass is 32.2. The minimum Gasteiger partial charge on any atom is -0.480 e. The summed E-state index contributed by atoms with van der Waals surface area (Å²) in [4.78, 5) is 115. The number of hydrogen-bond acceptors (Lipinski definition) is 13. The number of aromatic amines is 3. The van der Waals surface area contributed by atoms with Crippen LogP contribution in [0.5, 0.6) is 0 Å². The van der Waals surface area contributed by atoms with Crippen molar-refractivity contribution < 1.29 is 43.8 Å². The Morgan fingerprint density at radius 3 is 1.72 bits per heavy atom. The van der Waals surface area contributed by atoms with E-state index in [1.807, 2.05) is 0 Å². The number of aliphatic hydroxyl groups excluding tert-OH is 1. The van der Waals surface area contributed by atoms with E-state index in [0.717, 1.165) is 0 Å². The molecule has 0 saturated carbocycles. The summed E-state index contributed by atoms with van der Waals surface area (Å²) in [7, 11) is 0. The lowest BCUT2D eigenvalue weighted by Crippen LogP contribution is -2.60. The van der Waals surface area contributed by atoms with Crippen molar-refractivity contribution in [3.05, 3.63) is 54.7 Å². The number of carboxylic acids is 1. The van der Waals surface area contributed by atoms with Crippen LogP contribution in [0.15, 0.2) is 37.6 Å². The highest BCUT2D eigenvalue weighted by Crippen LogP contribution is 2.20. The van der Waals surface area contributed by atoms with Gasteiger partial charge in [0.25, 0.3) is 0 Å². The number of H-pyrrole nitrogens is 3. The Bertz CT molecular complexity index is 1790. The van der Waals surface area contributed by atoms with Gasteiger partial charge in [-0.05, 0) is 38.2 Å². The molecule has 0 aromatic carbocycles. The Balaban J connectivity index is 1.52. The number of aliphatic hydroxyl groups is 1. The van der Waals surface area contributed by atoms with Gasteiger partial charge in [-0.25, -0.2) is 19.7 Å². The summed E-state index contributed by atoms with van der Waals surface area (Å²) in [5.41, 5.74) is 7.18. The monoisotopic (exact) mass is 815 g/mol. The van der Waals surface area contributed by atoms with Gasteiger partial charge in [0, 0.05) is 61.5 Å². The normalized spacial score (nSPS) is 17.0. The van der Waals surface area contributed by atoms with Gasteiger partial charge in [0.2, 0.25) is 35.4 Å². The van der Waals surface area contributed by atoms with E-state index >= 15 is 0 Å². The summed E-state index contributed by atoms with van der Waals surface area (Å²) in [6.07, 6.45) is 10.9. The summed E-state index contributed by atoms with van der Waals surface area (Å²) in [6.45, 7) is 0.781. The number of rotatable bonds is 22. The Labute approximate surface area is 331 Å². The number of nitrogens with two attached hydrogens (primary N) is 1. The van der Waals surface area contributed by atoms with Crippen molar-refractivity contribution in [1.29, 1.82) is 0 Å². The zero-order chi connectivity index (χ0) is 41.5. The van der Waals surface area contributed by atoms with E-state index in [1.54, 1.807) is 6.26 Å². The first-order valence-corrected chi connectivity index (χ1v) is 19.5. The fourth-order valence-corrected chi connectivity index (χ4v) is 6.52. The van der Waals surface area contributed by atoms with Gasteiger partial charge in [-0.2, -0.15) is 11.8 Å². The highest BCUT2D eigenvalue weighted by Gasteiger charge is 2.40. The van der Waals surface area contributed by atoms with Crippen LogP contribution in [-0.4, -0.2) is 154 Å². The number of imidazole rings is 3. The molecule has 6 amide bonds. The molecule has 1 fully saturated rings. The van der Waals surface area contributed by atoms with E-state index in [4.69, 9.17) is 5.73 Å². The Morgan fingerprint density at radius 2 is 1.25 bits per heavy atom. The van der Waals surface area contributed by atoms with E-state index < -0.39 is 90.3 Å². The van der Waals surface area contributed by atoms with Crippen molar-refractivity contribution in [3.8, 4) is 0 Å². The number of carbonyl (C=O) groups excluding carboxylic acids is 6. The highest BCUT2D eigenvalue weighted by molar-refractivity contribution is 7.98. The molecular formula is C34H49N13O9S. The number of nitrogens with one attached hydrogen (secondary N) is 8. The van der Waals surface area contributed by atoms with Crippen molar-refractivity contribution in [2.24, 2.45) is 5.73 Å². The second-order valence-corrected chi connectivity index (χ2v) is 14.4. The van der Waals surface area contributed by atoms with Gasteiger partial charge in [0.1, 0.15) is 36.3 Å². The fourth-order valence-electron chi connectivity index (χ4n) is 6.05. The van der Waals surface area contributed by atoms with Crippen molar-refractivity contribution in [2.75, 3.05) is 25.2 Å². The third kappa shape index (κ3) is 12.9. The average molecular weight is 816 g/mol. The molecule has 7 atom stereocenters. The SMILES string of the molecule is CSCC[C@H](NC(=O)[C@H](CO)NC(=O)[C@H](Cc1cnc[nH]1)NC(=O)[C@H](Cc1cnc[nH]1)NC(=O)[C@@H]1CCCN1C(=O)[C@H](Cc1cnc[nH]1)NC(=O)[C@H](C)N)C(=O)O. The molecule has 12 N–H and O–H groups in total. The van der Waals surface area contributed by atoms with Crippen LogP contribution < -0.4 is 32.3 Å². The van der Waals surface area contributed by atoms with E-state index in [2.05, 4.69) is 56.5 Å². The number of hydrogen-bond donors (Lipinski definition) is 11. The quantitative estimate of drug-likeness (QED) is 0.0469. The number of carboxylic acid groups (broad SMARTS) is 1. The van der Waals surface area contributed by atoms with Crippen molar-refractivity contribution in [2.45, 2.75) is 87.7 Å². The molecule has 0 unspecified atom stereocenters. The second kappa shape index (κ2) is 21.5. The smallest absolute Gasteiger partial charge is 0.326 e. The van der Waals surface area contributed by atoms with Gasteiger partial charge < -0.3 is 62.4 Å². The molecule has 22 nitrogen and oxygen atoms in total. The van der Waals surface area contributed by atoms with Crippen molar-refractivity contribution in [1.82, 2.24) is 61.4 Å². The van der Waals surface area contributed by atoms with Crippen molar-refractivity contribution in [3.63, 3.8) is 0 Å². The molecule has 57 heavy (non-hydrogen) atoms. The maximum Gasteiger partial charge on any atom is 0.326 e. The lowest BCUT2D eigenvalue weighted by Gasteiger charge is -2.30. The van der Waals surface area contributed by atoms with Gasteiger partial charge in [0.05, 0.1) is 31.6 Å². The van der Waals surface area contributed by atoms with Gasteiger partial charge in [0.15, 0.2) is 0 Å². The predicted octanol–water partition coefficient (Wildman–Crippen LogP) is -3.52. The molecule has 4 heterocycles. The first-order chi connectivity index (χ1) is 27.3. The molecule has 0 spiro atoms. The van der Waals surface area contributed by atoms with Crippen LogP contribution in [0.3, 0.4) is 0 Å². The molecular weight excluding hydrogens is 767 g/mol. The number of amides is 6. The van der Waals surface area contributed by atoms with Gasteiger partial charge in [-0.1, -0.05) is 0 Å². The first-order valence-electron chi connectivity index (χ1n) is 18.1. The van der Waals surface area contributed by atoms with Crippen LogP contribution in [0.1, 0.15) is 43.3 Å². The van der Waals surface area contributed by atoms with E-state index in [1.165, 1.54) is 61.2 Å². The molecule has 4 rings (SSSR count). The summed E-state index contributed by atoms with van der Waals surface area (Å²) in [5.74, 6) is -5.31. The lowest BCUT2D eigenvalue weighted by atomic mass is 10.1. The molecule has 0 radical (unpaired) electrons. The third-order valence-corrected chi connectivity index (χ3v) is 9.75. The zero-order valence-corrected chi connectivity index (χ0v) is 32.2. The minimum absolute atomic E-state index is 0.0454. The second-order valence-electron chi connectivity index (χ2n) is 13.4. The average Bonchev–Trinajstić information content (AvgIpc) is 4.03. The van der Waals surface area contributed by atoms with Crippen LogP contribution in [0.25, 0.3) is 0 Å². The lowest BCUT2D eigenvalue weighted by molar-refractivity contribution is -0.142. The maximum atomic E-state index is 14.0. The van der Waals surface area contributed by atoms with Crippen molar-refractivity contribution >= 4 is 53.2 Å².